The van der Waals surface area contributed by atoms with Crippen molar-refractivity contribution in [2.45, 2.75) is 26.2 Å². The second-order valence-corrected chi connectivity index (χ2v) is 6.82. The zero-order chi connectivity index (χ0) is 18.6. The van der Waals surface area contributed by atoms with Crippen LogP contribution in [-0.2, 0) is 4.79 Å². The second kappa shape index (κ2) is 7.61. The molecule has 27 heavy (non-hydrogen) atoms. The predicted octanol–water partition coefficient (Wildman–Crippen LogP) is 4.32. The van der Waals surface area contributed by atoms with Gasteiger partial charge in [-0.05, 0) is 49.6 Å². The maximum absolute atomic E-state index is 11.3. The van der Waals surface area contributed by atoms with E-state index in [0.717, 1.165) is 41.2 Å². The quantitative estimate of drug-likeness (QED) is 0.724. The number of carbonyl (C=O) groups excluding carboxylic acids is 1. The molecule has 6 heteroatoms. The Kier molecular flexibility index (Phi) is 4.87. The monoisotopic (exact) mass is 361 g/mol. The highest BCUT2D eigenvalue weighted by Crippen LogP contribution is 2.29. The Morgan fingerprint density at radius 1 is 0.963 bits per heavy atom. The van der Waals surface area contributed by atoms with Crippen LogP contribution >= 0.6 is 0 Å². The summed E-state index contributed by atoms with van der Waals surface area (Å²) in [6, 6.07) is 15.7. The highest BCUT2D eigenvalue weighted by atomic mass is 16.1. The summed E-state index contributed by atoms with van der Waals surface area (Å²) in [5.41, 5.74) is 2.50. The topological polar surface area (TPSA) is 70.2 Å². The van der Waals surface area contributed by atoms with Crippen molar-refractivity contribution in [1.82, 2.24) is 9.97 Å². The number of amides is 1. The second-order valence-electron chi connectivity index (χ2n) is 6.82. The van der Waals surface area contributed by atoms with Crippen LogP contribution in [-0.4, -0.2) is 29.0 Å². The fourth-order valence-electron chi connectivity index (χ4n) is 3.47. The summed E-state index contributed by atoms with van der Waals surface area (Å²) in [4.78, 5) is 23.1. The first-order valence-corrected chi connectivity index (χ1v) is 9.35. The lowest BCUT2D eigenvalue weighted by Gasteiger charge is -2.29. The normalized spacial score (nSPS) is 14.2. The highest BCUT2D eigenvalue weighted by Gasteiger charge is 2.17. The molecular formula is C21H23N5O. The van der Waals surface area contributed by atoms with Gasteiger partial charge in [0.2, 0.25) is 11.9 Å². The average Bonchev–Trinajstić information content (AvgIpc) is 2.68. The summed E-state index contributed by atoms with van der Waals surface area (Å²) in [5, 5.41) is 7.17. The molecule has 1 aliphatic rings. The Hall–Kier alpha value is -3.15. The predicted molar refractivity (Wildman–Crippen MR) is 110 cm³/mol. The Balaban J connectivity index is 1.68. The fourth-order valence-corrected chi connectivity index (χ4v) is 3.47. The molecule has 1 aromatic heterocycles. The molecular weight excluding hydrogens is 338 g/mol. The summed E-state index contributed by atoms with van der Waals surface area (Å²) in [5.74, 6) is 1.46. The van der Waals surface area contributed by atoms with E-state index in [2.05, 4.69) is 26.6 Å². The van der Waals surface area contributed by atoms with E-state index in [1.807, 2.05) is 42.5 Å². The first-order chi connectivity index (χ1) is 13.2. The first kappa shape index (κ1) is 17.3. The Bertz CT molecular complexity index is 966. The van der Waals surface area contributed by atoms with Gasteiger partial charge in [0.05, 0.1) is 5.52 Å². The van der Waals surface area contributed by atoms with Crippen molar-refractivity contribution in [3.8, 4) is 0 Å². The van der Waals surface area contributed by atoms with Gasteiger partial charge in [-0.15, -0.1) is 0 Å². The minimum Gasteiger partial charge on any atom is -0.356 e. The van der Waals surface area contributed by atoms with Crippen molar-refractivity contribution in [3.05, 3.63) is 48.5 Å². The van der Waals surface area contributed by atoms with Crippen molar-refractivity contribution < 1.29 is 4.79 Å². The van der Waals surface area contributed by atoms with Crippen LogP contribution in [0.5, 0.6) is 0 Å². The Morgan fingerprint density at radius 3 is 2.56 bits per heavy atom. The van der Waals surface area contributed by atoms with E-state index < -0.39 is 0 Å². The van der Waals surface area contributed by atoms with Gasteiger partial charge in [0.15, 0.2) is 0 Å². The number of piperidine rings is 1. The standard InChI is InChI=1S/C21H23N5O/c1-15(27)22-16-8-7-9-17(14-16)23-21-24-19-11-4-3-10-18(19)20(25-21)26-12-5-2-6-13-26/h3-4,7-11,14H,2,5-6,12-13H2,1H3,(H,22,27)(H,23,24,25). The molecule has 0 radical (unpaired) electrons. The lowest BCUT2D eigenvalue weighted by molar-refractivity contribution is -0.114. The van der Waals surface area contributed by atoms with Crippen LogP contribution in [0.3, 0.4) is 0 Å². The average molecular weight is 361 g/mol. The number of rotatable bonds is 4. The molecule has 3 aromatic rings. The van der Waals surface area contributed by atoms with Crippen molar-refractivity contribution in [3.63, 3.8) is 0 Å². The minimum atomic E-state index is -0.0958. The number of fused-ring (bicyclic) bond motifs is 1. The third-order valence-corrected chi connectivity index (χ3v) is 4.68. The number of nitrogens with zero attached hydrogens (tertiary/aromatic N) is 3. The number of anilines is 4. The summed E-state index contributed by atoms with van der Waals surface area (Å²) in [7, 11) is 0. The van der Waals surface area contributed by atoms with Gasteiger partial charge < -0.3 is 15.5 Å². The largest absolute Gasteiger partial charge is 0.356 e. The fraction of sp³-hybridized carbons (Fsp3) is 0.286. The van der Waals surface area contributed by atoms with Crippen molar-refractivity contribution in [2.24, 2.45) is 0 Å². The van der Waals surface area contributed by atoms with E-state index in [4.69, 9.17) is 4.98 Å². The van der Waals surface area contributed by atoms with E-state index in [0.29, 0.717) is 5.95 Å². The molecule has 1 fully saturated rings. The molecule has 0 spiro atoms. The molecule has 0 aliphatic carbocycles. The molecule has 0 atom stereocenters. The molecule has 0 unspecified atom stereocenters. The molecule has 2 N–H and O–H groups in total. The van der Waals surface area contributed by atoms with Gasteiger partial charge in [0.1, 0.15) is 5.82 Å². The zero-order valence-corrected chi connectivity index (χ0v) is 15.4. The number of para-hydroxylation sites is 1. The number of nitrogens with one attached hydrogen (secondary N) is 2. The van der Waals surface area contributed by atoms with Crippen molar-refractivity contribution >= 4 is 40.0 Å². The van der Waals surface area contributed by atoms with Crippen LogP contribution in [0, 0.1) is 0 Å². The molecule has 0 saturated carbocycles. The van der Waals surface area contributed by atoms with Gasteiger partial charge in [-0.3, -0.25) is 4.79 Å². The van der Waals surface area contributed by atoms with Gasteiger partial charge in [-0.2, -0.15) is 4.98 Å². The molecule has 2 aromatic carbocycles. The first-order valence-electron chi connectivity index (χ1n) is 9.35. The maximum atomic E-state index is 11.3. The van der Waals surface area contributed by atoms with Crippen molar-refractivity contribution in [2.75, 3.05) is 28.6 Å². The van der Waals surface area contributed by atoms with Crippen LogP contribution in [0.15, 0.2) is 48.5 Å². The SMILES string of the molecule is CC(=O)Nc1cccc(Nc2nc(N3CCCCC3)c3ccccc3n2)c1. The highest BCUT2D eigenvalue weighted by molar-refractivity contribution is 5.91. The zero-order valence-electron chi connectivity index (χ0n) is 15.4. The molecule has 6 nitrogen and oxygen atoms in total. The number of hydrogen-bond acceptors (Lipinski definition) is 5. The van der Waals surface area contributed by atoms with Gasteiger partial charge in [-0.1, -0.05) is 18.2 Å². The summed E-state index contributed by atoms with van der Waals surface area (Å²) < 4.78 is 0. The summed E-state index contributed by atoms with van der Waals surface area (Å²) >= 11 is 0. The van der Waals surface area contributed by atoms with E-state index in [9.17, 15) is 4.79 Å². The molecule has 4 rings (SSSR count). The molecule has 0 bridgehead atoms. The summed E-state index contributed by atoms with van der Waals surface area (Å²) in [6.07, 6.45) is 3.67. The smallest absolute Gasteiger partial charge is 0.229 e. The molecule has 138 valence electrons. The van der Waals surface area contributed by atoms with Crippen LogP contribution in [0.1, 0.15) is 26.2 Å². The number of hydrogen-bond donors (Lipinski definition) is 2. The number of aromatic nitrogens is 2. The van der Waals surface area contributed by atoms with Gasteiger partial charge in [-0.25, -0.2) is 4.98 Å². The van der Waals surface area contributed by atoms with Crippen molar-refractivity contribution in [1.29, 1.82) is 0 Å². The van der Waals surface area contributed by atoms with Crippen LogP contribution in [0.4, 0.5) is 23.1 Å². The van der Waals surface area contributed by atoms with Gasteiger partial charge >= 0.3 is 0 Å². The van der Waals surface area contributed by atoms with E-state index in [1.165, 1.54) is 26.2 Å². The lowest BCUT2D eigenvalue weighted by Crippen LogP contribution is -2.30. The van der Waals surface area contributed by atoms with Crippen LogP contribution in [0.25, 0.3) is 10.9 Å². The van der Waals surface area contributed by atoms with E-state index in [1.54, 1.807) is 0 Å². The van der Waals surface area contributed by atoms with Crippen LogP contribution in [0.2, 0.25) is 0 Å². The lowest BCUT2D eigenvalue weighted by atomic mass is 10.1. The molecule has 1 aliphatic heterocycles. The van der Waals surface area contributed by atoms with E-state index >= 15 is 0 Å². The summed E-state index contributed by atoms with van der Waals surface area (Å²) in [6.45, 7) is 3.55. The molecule has 1 saturated heterocycles. The Morgan fingerprint density at radius 2 is 1.74 bits per heavy atom. The van der Waals surface area contributed by atoms with E-state index in [-0.39, 0.29) is 5.91 Å². The third kappa shape index (κ3) is 4.00. The minimum absolute atomic E-state index is 0.0958. The van der Waals surface area contributed by atoms with Crippen LogP contribution < -0.4 is 15.5 Å². The maximum Gasteiger partial charge on any atom is 0.229 e. The molecule has 2 heterocycles. The Labute approximate surface area is 158 Å². The number of carbonyl (C=O) groups is 1. The molecule has 1 amide bonds. The number of benzene rings is 2. The van der Waals surface area contributed by atoms with Gasteiger partial charge in [0, 0.05) is 36.8 Å². The van der Waals surface area contributed by atoms with Gasteiger partial charge in [0.25, 0.3) is 0 Å². The third-order valence-electron chi connectivity index (χ3n) is 4.68.